The Labute approximate surface area is 208 Å². The number of nitrogens with one attached hydrogen (secondary N) is 1. The van der Waals surface area contributed by atoms with Crippen LogP contribution in [0, 0.1) is 5.92 Å². The molecule has 0 fully saturated rings. The van der Waals surface area contributed by atoms with Crippen LogP contribution in [0.3, 0.4) is 0 Å². The lowest BCUT2D eigenvalue weighted by Gasteiger charge is -2.28. The van der Waals surface area contributed by atoms with Gasteiger partial charge in [0, 0.05) is 9.79 Å². The first-order chi connectivity index (χ1) is 16.2. The molecule has 1 N–H and O–H groups in total. The van der Waals surface area contributed by atoms with Gasteiger partial charge in [-0.25, -0.2) is 4.79 Å². The van der Waals surface area contributed by atoms with Gasteiger partial charge in [0.1, 0.15) is 11.5 Å². The minimum Gasteiger partial charge on any atom is -0.444 e. The molecule has 0 aliphatic rings. The van der Waals surface area contributed by atoms with Crippen LogP contribution in [0.25, 0.3) is 0 Å². The standard InChI is InChI=1S/C27H27NO4S2/c1-27(2,3)32-26(31)28-23(19-13-7-4-8-14-19)22(24(29)33-20-15-9-5-10-16-20)25(30)34-21-17-11-6-12-18-21/h4-18,22-23H,1-3H3,(H,28,31). The molecule has 0 aliphatic carbocycles. The number of carbonyl (C=O) groups is 3. The summed E-state index contributed by atoms with van der Waals surface area (Å²) in [5, 5.41) is 2.08. The van der Waals surface area contributed by atoms with Crippen LogP contribution < -0.4 is 5.32 Å². The van der Waals surface area contributed by atoms with Crippen molar-refractivity contribution < 1.29 is 19.1 Å². The second kappa shape index (κ2) is 11.9. The number of ether oxygens (including phenoxy) is 1. The molecule has 3 aromatic carbocycles. The molecule has 0 bridgehead atoms. The van der Waals surface area contributed by atoms with Crippen LogP contribution >= 0.6 is 23.5 Å². The fourth-order valence-electron chi connectivity index (χ4n) is 3.16. The predicted octanol–water partition coefficient (Wildman–Crippen LogP) is 6.51. The summed E-state index contributed by atoms with van der Waals surface area (Å²) in [7, 11) is 0. The minimum absolute atomic E-state index is 0.357. The van der Waals surface area contributed by atoms with Crippen molar-refractivity contribution in [2.45, 2.75) is 42.2 Å². The van der Waals surface area contributed by atoms with Crippen molar-refractivity contribution >= 4 is 39.8 Å². The number of benzene rings is 3. The van der Waals surface area contributed by atoms with E-state index in [9.17, 15) is 14.4 Å². The summed E-state index contributed by atoms with van der Waals surface area (Å²) in [6.07, 6.45) is -0.693. The zero-order valence-electron chi connectivity index (χ0n) is 19.3. The summed E-state index contributed by atoms with van der Waals surface area (Å²) in [6, 6.07) is 26.4. The molecule has 0 heterocycles. The Morgan fingerprint density at radius 1 is 0.706 bits per heavy atom. The first kappa shape index (κ1) is 25.6. The number of carbonyl (C=O) groups excluding carboxylic acids is 3. The summed E-state index contributed by atoms with van der Waals surface area (Å²) in [5.41, 5.74) is -0.0887. The molecular weight excluding hydrogens is 466 g/mol. The topological polar surface area (TPSA) is 72.5 Å². The average molecular weight is 494 g/mol. The van der Waals surface area contributed by atoms with Gasteiger partial charge in [-0.3, -0.25) is 9.59 Å². The van der Waals surface area contributed by atoms with Crippen molar-refractivity contribution in [3.63, 3.8) is 0 Å². The Morgan fingerprint density at radius 2 is 1.12 bits per heavy atom. The van der Waals surface area contributed by atoms with Crippen LogP contribution in [0.15, 0.2) is 101 Å². The highest BCUT2D eigenvalue weighted by Gasteiger charge is 2.38. The van der Waals surface area contributed by atoms with E-state index in [0.29, 0.717) is 5.56 Å². The summed E-state index contributed by atoms with van der Waals surface area (Å²) < 4.78 is 5.45. The Balaban J connectivity index is 1.98. The molecule has 0 saturated carbocycles. The molecule has 0 spiro atoms. The van der Waals surface area contributed by atoms with E-state index < -0.39 is 23.7 Å². The van der Waals surface area contributed by atoms with Gasteiger partial charge in [0.25, 0.3) is 0 Å². The number of rotatable bonds is 7. The second-order valence-electron chi connectivity index (χ2n) is 8.48. The highest BCUT2D eigenvalue weighted by atomic mass is 32.2. The summed E-state index contributed by atoms with van der Waals surface area (Å²) in [5.74, 6) is -1.15. The Kier molecular flexibility index (Phi) is 8.96. The highest BCUT2D eigenvalue weighted by Crippen LogP contribution is 2.36. The van der Waals surface area contributed by atoms with Crippen molar-refractivity contribution in [1.82, 2.24) is 5.32 Å². The Morgan fingerprint density at radius 3 is 1.53 bits per heavy atom. The van der Waals surface area contributed by atoms with Gasteiger partial charge in [0.2, 0.25) is 10.2 Å². The van der Waals surface area contributed by atoms with E-state index in [4.69, 9.17) is 4.74 Å². The van der Waals surface area contributed by atoms with E-state index in [1.165, 1.54) is 0 Å². The van der Waals surface area contributed by atoms with Crippen molar-refractivity contribution in [2.24, 2.45) is 5.92 Å². The van der Waals surface area contributed by atoms with Gasteiger partial charge in [0.05, 0.1) is 6.04 Å². The first-order valence-electron chi connectivity index (χ1n) is 10.8. The monoisotopic (exact) mass is 493 g/mol. The van der Waals surface area contributed by atoms with Gasteiger partial charge < -0.3 is 10.1 Å². The third-order valence-electron chi connectivity index (χ3n) is 4.60. The number of amides is 1. The smallest absolute Gasteiger partial charge is 0.408 e. The Bertz CT molecular complexity index is 1050. The van der Waals surface area contributed by atoms with E-state index in [-0.39, 0.29) is 10.2 Å². The molecular formula is C27H27NO4S2. The lowest BCUT2D eigenvalue weighted by molar-refractivity contribution is -0.124. The SMILES string of the molecule is CC(C)(C)OC(=O)NC(c1ccccc1)C(C(=O)Sc1ccccc1)C(=O)Sc1ccccc1. The van der Waals surface area contributed by atoms with Crippen LogP contribution in [0.4, 0.5) is 4.79 Å². The summed E-state index contributed by atoms with van der Waals surface area (Å²) in [4.78, 5) is 41.3. The fraction of sp³-hybridized carbons (Fsp3) is 0.222. The zero-order chi connectivity index (χ0) is 24.6. The zero-order valence-corrected chi connectivity index (χ0v) is 20.9. The normalized spacial score (nSPS) is 12.1. The molecule has 7 heteroatoms. The molecule has 176 valence electrons. The van der Waals surface area contributed by atoms with Crippen LogP contribution in [0.2, 0.25) is 0 Å². The fourth-order valence-corrected chi connectivity index (χ4v) is 5.02. The quantitative estimate of drug-likeness (QED) is 0.299. The van der Waals surface area contributed by atoms with Gasteiger partial charge >= 0.3 is 6.09 Å². The van der Waals surface area contributed by atoms with Crippen LogP contribution in [-0.4, -0.2) is 21.9 Å². The lowest BCUT2D eigenvalue weighted by Crippen LogP contribution is -2.41. The van der Waals surface area contributed by atoms with Crippen LogP contribution in [-0.2, 0) is 14.3 Å². The Hall–Kier alpha value is -3.03. The van der Waals surface area contributed by atoms with Crippen molar-refractivity contribution in [1.29, 1.82) is 0 Å². The number of alkyl carbamates (subject to hydrolysis) is 1. The van der Waals surface area contributed by atoms with E-state index >= 15 is 0 Å². The molecule has 0 saturated heterocycles. The third-order valence-corrected chi connectivity index (χ3v) is 6.52. The van der Waals surface area contributed by atoms with Gasteiger partial charge in [0.15, 0.2) is 0 Å². The molecule has 34 heavy (non-hydrogen) atoms. The molecule has 1 unspecified atom stereocenters. The highest BCUT2D eigenvalue weighted by molar-refractivity contribution is 8.15. The number of thioether (sulfide) groups is 2. The van der Waals surface area contributed by atoms with Crippen molar-refractivity contribution in [3.05, 3.63) is 96.6 Å². The maximum atomic E-state index is 13.6. The van der Waals surface area contributed by atoms with Gasteiger partial charge in [-0.2, -0.15) is 0 Å². The first-order valence-corrected chi connectivity index (χ1v) is 12.4. The second-order valence-corrected chi connectivity index (χ2v) is 10.6. The molecule has 1 atom stereocenters. The molecule has 0 aliphatic heterocycles. The van der Waals surface area contributed by atoms with Crippen molar-refractivity contribution in [2.75, 3.05) is 0 Å². The number of hydrogen-bond acceptors (Lipinski definition) is 6. The van der Waals surface area contributed by atoms with Gasteiger partial charge in [-0.1, -0.05) is 90.3 Å². The minimum atomic E-state index is -1.15. The molecule has 1 amide bonds. The van der Waals surface area contributed by atoms with E-state index in [1.807, 2.05) is 66.7 Å². The summed E-state index contributed by atoms with van der Waals surface area (Å²) >= 11 is 1.98. The maximum absolute atomic E-state index is 13.6. The molecule has 0 radical (unpaired) electrons. The van der Waals surface area contributed by atoms with Crippen molar-refractivity contribution in [3.8, 4) is 0 Å². The largest absolute Gasteiger partial charge is 0.444 e. The molecule has 3 rings (SSSR count). The summed E-state index contributed by atoms with van der Waals surface area (Å²) in [6.45, 7) is 5.28. The molecule has 3 aromatic rings. The third kappa shape index (κ3) is 7.78. The molecule has 0 aromatic heterocycles. The van der Waals surface area contributed by atoms with E-state index in [1.54, 1.807) is 45.0 Å². The van der Waals surface area contributed by atoms with Crippen LogP contribution in [0.1, 0.15) is 32.4 Å². The van der Waals surface area contributed by atoms with Crippen LogP contribution in [0.5, 0.6) is 0 Å². The number of hydrogen-bond donors (Lipinski definition) is 1. The lowest BCUT2D eigenvalue weighted by atomic mass is 9.95. The van der Waals surface area contributed by atoms with Gasteiger partial charge in [-0.15, -0.1) is 0 Å². The predicted molar refractivity (Wildman–Crippen MR) is 137 cm³/mol. The van der Waals surface area contributed by atoms with E-state index in [0.717, 1.165) is 33.3 Å². The van der Waals surface area contributed by atoms with Gasteiger partial charge in [-0.05, 0) is 50.6 Å². The molecule has 5 nitrogen and oxygen atoms in total. The maximum Gasteiger partial charge on any atom is 0.408 e. The average Bonchev–Trinajstić information content (AvgIpc) is 2.79. The van der Waals surface area contributed by atoms with E-state index in [2.05, 4.69) is 5.32 Å².